The van der Waals surface area contributed by atoms with Gasteiger partial charge in [0, 0.05) is 13.6 Å². The van der Waals surface area contributed by atoms with Crippen LogP contribution in [-0.4, -0.2) is 48.7 Å². The summed E-state index contributed by atoms with van der Waals surface area (Å²) in [4.78, 5) is 23.5. The minimum Gasteiger partial charge on any atom is -0.481 e. The van der Waals surface area contributed by atoms with Gasteiger partial charge in [0.15, 0.2) is 0 Å². The third-order valence-electron chi connectivity index (χ3n) is 2.67. The molecule has 1 amide bonds. The van der Waals surface area contributed by atoms with E-state index < -0.39 is 11.9 Å². The summed E-state index contributed by atoms with van der Waals surface area (Å²) in [6.07, 6.45) is 2.39. The van der Waals surface area contributed by atoms with Crippen LogP contribution >= 0.6 is 0 Å². The van der Waals surface area contributed by atoms with Crippen molar-refractivity contribution in [2.75, 3.05) is 26.8 Å². The van der Waals surface area contributed by atoms with Crippen molar-refractivity contribution in [1.29, 1.82) is 0 Å². The maximum Gasteiger partial charge on any atom is 0.308 e. The molecule has 5 heteroatoms. The molecule has 0 aromatic rings. The largest absolute Gasteiger partial charge is 0.481 e. The zero-order valence-electron chi connectivity index (χ0n) is 9.81. The van der Waals surface area contributed by atoms with Crippen molar-refractivity contribution < 1.29 is 19.4 Å². The Balaban J connectivity index is 2.15. The molecule has 0 saturated heterocycles. The number of rotatable bonds is 7. The molecule has 0 spiro atoms. The zero-order chi connectivity index (χ0) is 12.1. The Hall–Kier alpha value is -1.10. The molecule has 0 aromatic heterocycles. The lowest BCUT2D eigenvalue weighted by atomic mass is 10.2. The number of carboxylic acids is 1. The van der Waals surface area contributed by atoms with Crippen LogP contribution in [0.5, 0.6) is 0 Å². The minimum absolute atomic E-state index is 0.0549. The van der Waals surface area contributed by atoms with E-state index in [4.69, 9.17) is 9.84 Å². The van der Waals surface area contributed by atoms with Gasteiger partial charge in [-0.3, -0.25) is 9.59 Å². The van der Waals surface area contributed by atoms with Crippen LogP contribution in [0.25, 0.3) is 0 Å². The van der Waals surface area contributed by atoms with Crippen molar-refractivity contribution in [3.63, 3.8) is 0 Å². The quantitative estimate of drug-likeness (QED) is 0.694. The third-order valence-corrected chi connectivity index (χ3v) is 2.67. The standard InChI is InChI=1S/C11H19NO4/c1-8(11(14)15)5-12(2)10(13)7-16-6-9-3-4-9/h8-9H,3-7H2,1-2H3,(H,14,15). The van der Waals surface area contributed by atoms with Crippen LogP contribution in [0, 0.1) is 11.8 Å². The first-order chi connectivity index (χ1) is 7.50. The Bertz CT molecular complexity index is 263. The normalized spacial score (nSPS) is 16.9. The summed E-state index contributed by atoms with van der Waals surface area (Å²) in [5, 5.41) is 8.70. The predicted molar refractivity (Wildman–Crippen MR) is 58.0 cm³/mol. The predicted octanol–water partition coefficient (Wildman–Crippen LogP) is 0.592. The summed E-state index contributed by atoms with van der Waals surface area (Å²) in [6, 6.07) is 0. The second-order valence-electron chi connectivity index (χ2n) is 4.47. The molecule has 1 aliphatic carbocycles. The van der Waals surface area contributed by atoms with Gasteiger partial charge in [-0.1, -0.05) is 6.92 Å². The van der Waals surface area contributed by atoms with Gasteiger partial charge in [0.2, 0.25) is 5.91 Å². The maximum atomic E-state index is 11.5. The first kappa shape index (κ1) is 13.0. The van der Waals surface area contributed by atoms with Gasteiger partial charge in [-0.25, -0.2) is 0 Å². The molecule has 1 rings (SSSR count). The number of carbonyl (C=O) groups excluding carboxylic acids is 1. The number of likely N-dealkylation sites (N-methyl/N-ethyl adjacent to an activating group) is 1. The molecule has 1 N–H and O–H groups in total. The van der Waals surface area contributed by atoms with E-state index in [9.17, 15) is 9.59 Å². The highest BCUT2D eigenvalue weighted by Crippen LogP contribution is 2.28. The molecular weight excluding hydrogens is 210 g/mol. The van der Waals surface area contributed by atoms with E-state index in [1.165, 1.54) is 17.7 Å². The Morgan fingerprint density at radius 3 is 2.62 bits per heavy atom. The van der Waals surface area contributed by atoms with Crippen LogP contribution in [0.3, 0.4) is 0 Å². The molecule has 1 atom stereocenters. The smallest absolute Gasteiger partial charge is 0.308 e. The van der Waals surface area contributed by atoms with Crippen molar-refractivity contribution in [2.24, 2.45) is 11.8 Å². The zero-order valence-corrected chi connectivity index (χ0v) is 9.81. The molecular formula is C11H19NO4. The van der Waals surface area contributed by atoms with Crippen LogP contribution in [0.15, 0.2) is 0 Å². The average molecular weight is 229 g/mol. The molecule has 1 unspecified atom stereocenters. The second kappa shape index (κ2) is 5.84. The Kier molecular flexibility index (Phi) is 4.73. The van der Waals surface area contributed by atoms with Crippen molar-refractivity contribution in [1.82, 2.24) is 4.90 Å². The second-order valence-corrected chi connectivity index (χ2v) is 4.47. The number of hydrogen-bond donors (Lipinski definition) is 1. The number of nitrogens with zero attached hydrogens (tertiary/aromatic N) is 1. The van der Waals surface area contributed by atoms with E-state index in [1.807, 2.05) is 0 Å². The molecule has 0 radical (unpaired) electrons. The fourth-order valence-electron chi connectivity index (χ4n) is 1.30. The molecule has 16 heavy (non-hydrogen) atoms. The van der Waals surface area contributed by atoms with Gasteiger partial charge in [0.1, 0.15) is 6.61 Å². The van der Waals surface area contributed by atoms with E-state index in [0.717, 1.165) is 0 Å². The maximum absolute atomic E-state index is 11.5. The molecule has 5 nitrogen and oxygen atoms in total. The first-order valence-electron chi connectivity index (χ1n) is 5.55. The van der Waals surface area contributed by atoms with Crippen molar-refractivity contribution >= 4 is 11.9 Å². The lowest BCUT2D eigenvalue weighted by Crippen LogP contribution is -2.36. The van der Waals surface area contributed by atoms with E-state index >= 15 is 0 Å². The summed E-state index contributed by atoms with van der Waals surface area (Å²) >= 11 is 0. The highest BCUT2D eigenvalue weighted by molar-refractivity contribution is 5.78. The molecule has 0 aromatic carbocycles. The molecule has 1 saturated carbocycles. The molecule has 0 heterocycles. The van der Waals surface area contributed by atoms with Gasteiger partial charge in [-0.05, 0) is 18.8 Å². The van der Waals surface area contributed by atoms with Crippen LogP contribution < -0.4 is 0 Å². The summed E-state index contributed by atoms with van der Waals surface area (Å²) in [7, 11) is 1.60. The summed E-state index contributed by atoms with van der Waals surface area (Å²) < 4.78 is 5.24. The number of ether oxygens (including phenoxy) is 1. The SMILES string of the molecule is CC(CN(C)C(=O)COCC1CC1)C(=O)O. The third kappa shape index (κ3) is 4.61. The van der Waals surface area contributed by atoms with Crippen molar-refractivity contribution in [3.05, 3.63) is 0 Å². The highest BCUT2D eigenvalue weighted by atomic mass is 16.5. The highest BCUT2D eigenvalue weighted by Gasteiger charge is 2.22. The van der Waals surface area contributed by atoms with E-state index in [1.54, 1.807) is 14.0 Å². The number of carboxylic acid groups (broad SMARTS) is 1. The summed E-state index contributed by atoms with van der Waals surface area (Å²) in [5.41, 5.74) is 0. The van der Waals surface area contributed by atoms with Gasteiger partial charge in [0.05, 0.1) is 12.5 Å². The first-order valence-corrected chi connectivity index (χ1v) is 5.55. The van der Waals surface area contributed by atoms with Gasteiger partial charge in [0.25, 0.3) is 0 Å². The Morgan fingerprint density at radius 2 is 2.12 bits per heavy atom. The van der Waals surface area contributed by atoms with Gasteiger partial charge in [-0.2, -0.15) is 0 Å². The fourth-order valence-corrected chi connectivity index (χ4v) is 1.30. The molecule has 1 fully saturated rings. The van der Waals surface area contributed by atoms with Crippen LogP contribution in [0.4, 0.5) is 0 Å². The van der Waals surface area contributed by atoms with E-state index in [-0.39, 0.29) is 19.1 Å². The fraction of sp³-hybridized carbons (Fsp3) is 0.818. The van der Waals surface area contributed by atoms with E-state index in [0.29, 0.717) is 12.5 Å². The van der Waals surface area contributed by atoms with Crippen LogP contribution in [0.2, 0.25) is 0 Å². The minimum atomic E-state index is -0.890. The molecule has 92 valence electrons. The Morgan fingerprint density at radius 1 is 1.50 bits per heavy atom. The van der Waals surface area contributed by atoms with Gasteiger partial charge < -0.3 is 14.7 Å². The number of carbonyl (C=O) groups is 2. The van der Waals surface area contributed by atoms with Gasteiger partial charge >= 0.3 is 5.97 Å². The monoisotopic (exact) mass is 229 g/mol. The van der Waals surface area contributed by atoms with Crippen molar-refractivity contribution in [2.45, 2.75) is 19.8 Å². The lowest BCUT2D eigenvalue weighted by molar-refractivity contribution is -0.143. The molecule has 0 aliphatic heterocycles. The summed E-state index contributed by atoms with van der Waals surface area (Å²) in [6.45, 7) is 2.51. The van der Waals surface area contributed by atoms with Crippen LogP contribution in [0.1, 0.15) is 19.8 Å². The molecule has 1 aliphatic rings. The summed E-state index contributed by atoms with van der Waals surface area (Å²) in [5.74, 6) is -0.958. The van der Waals surface area contributed by atoms with Gasteiger partial charge in [-0.15, -0.1) is 0 Å². The Labute approximate surface area is 95.4 Å². The van der Waals surface area contributed by atoms with E-state index in [2.05, 4.69) is 0 Å². The van der Waals surface area contributed by atoms with Crippen LogP contribution in [-0.2, 0) is 14.3 Å². The topological polar surface area (TPSA) is 66.8 Å². The van der Waals surface area contributed by atoms with Crippen molar-refractivity contribution in [3.8, 4) is 0 Å². The average Bonchev–Trinajstić information content (AvgIpc) is 3.01. The lowest BCUT2D eigenvalue weighted by Gasteiger charge is -2.19. The number of aliphatic carboxylic acids is 1. The number of hydrogen-bond acceptors (Lipinski definition) is 3. The molecule has 0 bridgehead atoms. The number of amides is 1.